The number of carbonyl (C=O) groups excluding carboxylic acids is 1. The number of nitrogens with zero attached hydrogens (tertiary/aromatic N) is 3. The molecule has 7 heteroatoms. The number of aromatic nitrogens is 1. The highest BCUT2D eigenvalue weighted by atomic mass is 35.5. The van der Waals surface area contributed by atoms with E-state index in [4.69, 9.17) is 21.7 Å². The lowest BCUT2D eigenvalue weighted by Gasteiger charge is -2.38. The largest absolute Gasteiger partial charge is 0.465 e. The Morgan fingerprint density at radius 2 is 1.86 bits per heavy atom. The molecule has 29 heavy (non-hydrogen) atoms. The van der Waals surface area contributed by atoms with Gasteiger partial charge in [-0.3, -0.25) is 4.79 Å². The molecule has 0 radical (unpaired) electrons. The maximum atomic E-state index is 13.1. The fourth-order valence-electron chi connectivity index (χ4n) is 3.67. The van der Waals surface area contributed by atoms with Crippen LogP contribution < -0.4 is 0 Å². The van der Waals surface area contributed by atoms with Crippen molar-refractivity contribution in [2.75, 3.05) is 19.6 Å². The average Bonchev–Trinajstić information content (AvgIpc) is 2.73. The summed E-state index contributed by atoms with van der Waals surface area (Å²) in [7, 11) is 0. The van der Waals surface area contributed by atoms with Gasteiger partial charge < -0.3 is 14.9 Å². The number of benzene rings is 2. The zero-order valence-corrected chi connectivity index (χ0v) is 16.6. The first-order chi connectivity index (χ1) is 13.9. The normalized spacial score (nSPS) is 16.8. The third-order valence-electron chi connectivity index (χ3n) is 5.23. The van der Waals surface area contributed by atoms with Gasteiger partial charge in [-0.25, -0.2) is 9.78 Å². The first-order valence-electron chi connectivity index (χ1n) is 9.38. The number of piperazine rings is 1. The molecule has 0 saturated carbocycles. The van der Waals surface area contributed by atoms with Crippen molar-refractivity contribution in [3.05, 3.63) is 65.2 Å². The zero-order chi connectivity index (χ0) is 20.5. The van der Waals surface area contributed by atoms with E-state index in [1.54, 1.807) is 17.0 Å². The fraction of sp³-hybridized carbons (Fsp3) is 0.227. The molecule has 1 N–H and O–H groups in total. The molecule has 3 aromatic rings. The van der Waals surface area contributed by atoms with E-state index < -0.39 is 6.09 Å². The number of hydrogen-bond donors (Lipinski definition) is 1. The quantitative estimate of drug-likeness (QED) is 0.681. The highest BCUT2D eigenvalue weighted by Gasteiger charge is 2.30. The van der Waals surface area contributed by atoms with E-state index >= 15 is 0 Å². The van der Waals surface area contributed by atoms with Crippen LogP contribution in [-0.4, -0.2) is 57.6 Å². The maximum absolute atomic E-state index is 13.1. The minimum Gasteiger partial charge on any atom is -0.465 e. The van der Waals surface area contributed by atoms with Gasteiger partial charge in [0.1, 0.15) is 0 Å². The number of pyridine rings is 1. The fourth-order valence-corrected chi connectivity index (χ4v) is 3.94. The molecular formula is C22H20ClN3O3. The second-order valence-corrected chi connectivity index (χ2v) is 7.57. The van der Waals surface area contributed by atoms with Gasteiger partial charge in [0, 0.05) is 42.2 Å². The van der Waals surface area contributed by atoms with Crippen LogP contribution in [0.4, 0.5) is 4.79 Å². The summed E-state index contributed by atoms with van der Waals surface area (Å²) in [6.45, 7) is 2.83. The van der Waals surface area contributed by atoms with E-state index in [1.807, 2.05) is 49.4 Å². The van der Waals surface area contributed by atoms with Gasteiger partial charge in [-0.15, -0.1) is 0 Å². The lowest BCUT2D eigenvalue weighted by atomic mass is 10.1. The van der Waals surface area contributed by atoms with Crippen molar-refractivity contribution < 1.29 is 14.7 Å². The summed E-state index contributed by atoms with van der Waals surface area (Å²) in [5.74, 6) is -0.132. The third-order valence-corrected chi connectivity index (χ3v) is 5.55. The van der Waals surface area contributed by atoms with Gasteiger partial charge in [0.25, 0.3) is 5.91 Å². The van der Waals surface area contributed by atoms with Crippen LogP contribution in [0.5, 0.6) is 0 Å². The number of carbonyl (C=O) groups is 2. The summed E-state index contributed by atoms with van der Waals surface area (Å²) in [6.07, 6.45) is -0.957. The molecule has 1 aliphatic rings. The summed E-state index contributed by atoms with van der Waals surface area (Å²) in [6, 6.07) is 16.7. The Kier molecular flexibility index (Phi) is 5.11. The summed E-state index contributed by atoms with van der Waals surface area (Å²) >= 11 is 6.47. The molecule has 2 aromatic carbocycles. The van der Waals surface area contributed by atoms with Crippen LogP contribution >= 0.6 is 11.6 Å². The predicted octanol–water partition coefficient (Wildman–Crippen LogP) is 4.38. The van der Waals surface area contributed by atoms with Crippen molar-refractivity contribution in [3.63, 3.8) is 0 Å². The highest BCUT2D eigenvalue weighted by Crippen LogP contribution is 2.29. The molecule has 4 rings (SSSR count). The number of halogens is 1. The second-order valence-electron chi connectivity index (χ2n) is 7.16. The maximum Gasteiger partial charge on any atom is 0.407 e. The number of carboxylic acid groups (broad SMARTS) is 1. The molecule has 1 saturated heterocycles. The molecule has 148 valence electrons. The minimum atomic E-state index is -0.957. The first-order valence-corrected chi connectivity index (χ1v) is 9.76. The van der Waals surface area contributed by atoms with Crippen LogP contribution in [0.15, 0.2) is 54.6 Å². The molecule has 0 aliphatic carbocycles. The lowest BCUT2D eigenvalue weighted by Crippen LogP contribution is -2.55. The van der Waals surface area contributed by atoms with Gasteiger partial charge in [0.2, 0.25) is 0 Å². The second kappa shape index (κ2) is 7.72. The van der Waals surface area contributed by atoms with Gasteiger partial charge in [-0.1, -0.05) is 48.0 Å². The minimum absolute atomic E-state index is 0.132. The van der Waals surface area contributed by atoms with E-state index in [0.717, 1.165) is 16.6 Å². The van der Waals surface area contributed by atoms with Gasteiger partial charge in [0.15, 0.2) is 0 Å². The monoisotopic (exact) mass is 409 g/mol. The molecule has 1 atom stereocenters. The lowest BCUT2D eigenvalue weighted by molar-refractivity contribution is 0.0484. The van der Waals surface area contributed by atoms with Gasteiger partial charge >= 0.3 is 6.09 Å². The van der Waals surface area contributed by atoms with E-state index in [2.05, 4.69) is 0 Å². The summed E-state index contributed by atoms with van der Waals surface area (Å²) in [5, 5.41) is 10.5. The Hall–Kier alpha value is -3.12. The van der Waals surface area contributed by atoms with Gasteiger partial charge in [-0.05, 0) is 25.1 Å². The van der Waals surface area contributed by atoms with Crippen LogP contribution in [0.2, 0.25) is 5.02 Å². The molecule has 1 aliphatic heterocycles. The third kappa shape index (κ3) is 3.76. The van der Waals surface area contributed by atoms with E-state index in [0.29, 0.717) is 35.7 Å². The van der Waals surface area contributed by atoms with Crippen molar-refractivity contribution in [1.29, 1.82) is 0 Å². The number of rotatable bonds is 2. The molecule has 2 heterocycles. The highest BCUT2D eigenvalue weighted by molar-refractivity contribution is 6.35. The van der Waals surface area contributed by atoms with E-state index in [-0.39, 0.29) is 11.9 Å². The van der Waals surface area contributed by atoms with Crippen molar-refractivity contribution >= 4 is 34.5 Å². The van der Waals surface area contributed by atoms with Crippen LogP contribution in [0.3, 0.4) is 0 Å². The molecule has 6 nitrogen and oxygen atoms in total. The molecule has 1 aromatic heterocycles. The standard InChI is InChI=1S/C22H20ClN3O3/c1-14-13-25(22(28)29)9-10-26(14)21(27)16-7-8-17-18(23)12-19(24-20(17)11-16)15-5-3-2-4-6-15/h2-8,11-12,14H,9-10,13H2,1H3,(H,28,29)/t14-/m0/s1. The first kappa shape index (κ1) is 19.2. The van der Waals surface area contributed by atoms with Gasteiger partial charge in [-0.2, -0.15) is 0 Å². The smallest absolute Gasteiger partial charge is 0.407 e. The van der Waals surface area contributed by atoms with Crippen LogP contribution in [0.25, 0.3) is 22.2 Å². The Morgan fingerprint density at radius 3 is 2.55 bits per heavy atom. The van der Waals surface area contributed by atoms with Gasteiger partial charge in [0.05, 0.1) is 16.2 Å². The Morgan fingerprint density at radius 1 is 1.10 bits per heavy atom. The average molecular weight is 410 g/mol. The Bertz CT molecular complexity index is 1090. The molecule has 2 amide bonds. The van der Waals surface area contributed by atoms with E-state index in [1.165, 1.54) is 4.90 Å². The molecule has 1 fully saturated rings. The van der Waals surface area contributed by atoms with Crippen molar-refractivity contribution in [2.24, 2.45) is 0 Å². The van der Waals surface area contributed by atoms with E-state index in [9.17, 15) is 9.59 Å². The van der Waals surface area contributed by atoms with Crippen molar-refractivity contribution in [1.82, 2.24) is 14.8 Å². The molecule has 0 bridgehead atoms. The number of amides is 2. The van der Waals surface area contributed by atoms with Crippen molar-refractivity contribution in [2.45, 2.75) is 13.0 Å². The number of hydrogen-bond acceptors (Lipinski definition) is 3. The summed E-state index contributed by atoms with van der Waals surface area (Å²) in [4.78, 5) is 32.0. The Balaban J connectivity index is 1.66. The molecule has 0 spiro atoms. The molecule has 0 unspecified atom stereocenters. The topological polar surface area (TPSA) is 73.7 Å². The molecular weight excluding hydrogens is 390 g/mol. The number of fused-ring (bicyclic) bond motifs is 1. The Labute approximate surface area is 173 Å². The summed E-state index contributed by atoms with van der Waals surface area (Å²) < 4.78 is 0. The predicted molar refractivity (Wildman–Crippen MR) is 112 cm³/mol. The zero-order valence-electron chi connectivity index (χ0n) is 15.9. The van der Waals surface area contributed by atoms with Crippen LogP contribution in [0.1, 0.15) is 17.3 Å². The summed E-state index contributed by atoms with van der Waals surface area (Å²) in [5.41, 5.74) is 2.86. The van der Waals surface area contributed by atoms with Crippen LogP contribution in [-0.2, 0) is 0 Å². The van der Waals surface area contributed by atoms with Crippen molar-refractivity contribution in [3.8, 4) is 11.3 Å². The van der Waals surface area contributed by atoms with Crippen LogP contribution in [0, 0.1) is 0 Å². The SMILES string of the molecule is C[C@H]1CN(C(=O)O)CCN1C(=O)c1ccc2c(Cl)cc(-c3ccccc3)nc2c1.